The predicted octanol–water partition coefficient (Wildman–Crippen LogP) is 15.4. The van der Waals surface area contributed by atoms with Crippen molar-refractivity contribution in [3.05, 3.63) is 97.2 Å². The predicted molar refractivity (Wildman–Crippen MR) is 251 cm³/mol. The second kappa shape index (κ2) is 47.0. The lowest BCUT2D eigenvalue weighted by molar-refractivity contribution is -0.167. The van der Waals surface area contributed by atoms with Crippen LogP contribution in [0.4, 0.5) is 0 Å². The van der Waals surface area contributed by atoms with Crippen molar-refractivity contribution in [1.29, 1.82) is 0 Å². The minimum Gasteiger partial charge on any atom is -0.462 e. The van der Waals surface area contributed by atoms with Gasteiger partial charge in [-0.25, -0.2) is 0 Å². The van der Waals surface area contributed by atoms with Gasteiger partial charge in [0, 0.05) is 19.3 Å². The van der Waals surface area contributed by atoms with Crippen molar-refractivity contribution in [3.8, 4) is 0 Å². The highest BCUT2D eigenvalue weighted by molar-refractivity contribution is 5.71. The minimum atomic E-state index is -0.807. The second-order valence-electron chi connectivity index (χ2n) is 15.2. The molecule has 0 aliphatic heterocycles. The molecule has 0 rings (SSSR count). The molecule has 0 amide bonds. The maximum atomic E-state index is 12.7. The number of hydrogen-bond acceptors (Lipinski definition) is 6. The summed E-state index contributed by atoms with van der Waals surface area (Å²) >= 11 is 0. The van der Waals surface area contributed by atoms with Gasteiger partial charge in [-0.1, -0.05) is 169 Å². The highest BCUT2D eigenvalue weighted by Gasteiger charge is 2.19. The summed E-state index contributed by atoms with van der Waals surface area (Å²) in [6.07, 6.45) is 61.1. The molecule has 334 valence electrons. The fourth-order valence-corrected chi connectivity index (χ4v) is 6.01. The monoisotopic (exact) mass is 819 g/mol. The first-order chi connectivity index (χ1) is 29.0. The Morgan fingerprint density at radius 1 is 0.356 bits per heavy atom. The molecule has 0 heterocycles. The van der Waals surface area contributed by atoms with Gasteiger partial charge in [-0.2, -0.15) is 0 Å². The number of hydrogen-bond donors (Lipinski definition) is 0. The third-order valence-corrected chi connectivity index (χ3v) is 9.55. The van der Waals surface area contributed by atoms with Gasteiger partial charge < -0.3 is 14.2 Å². The highest BCUT2D eigenvalue weighted by Crippen LogP contribution is 2.12. The summed E-state index contributed by atoms with van der Waals surface area (Å²) < 4.78 is 16.7. The number of esters is 3. The molecule has 0 aromatic heterocycles. The topological polar surface area (TPSA) is 78.9 Å². The lowest BCUT2D eigenvalue weighted by Gasteiger charge is -2.18. The molecule has 0 aliphatic carbocycles. The molecule has 0 bridgehead atoms. The largest absolute Gasteiger partial charge is 0.462 e. The van der Waals surface area contributed by atoms with Crippen LogP contribution < -0.4 is 0 Å². The Hall–Kier alpha value is -3.67. The van der Waals surface area contributed by atoms with E-state index in [1.807, 2.05) is 0 Å². The van der Waals surface area contributed by atoms with Crippen LogP contribution in [-0.4, -0.2) is 37.2 Å². The lowest BCUT2D eigenvalue weighted by Crippen LogP contribution is -2.30. The Balaban J connectivity index is 4.42. The third kappa shape index (κ3) is 45.3. The second-order valence-corrected chi connectivity index (χ2v) is 15.2. The Morgan fingerprint density at radius 2 is 0.661 bits per heavy atom. The van der Waals surface area contributed by atoms with Crippen molar-refractivity contribution < 1.29 is 28.6 Å². The Kier molecular flexibility index (Phi) is 44.1. The number of rotatable bonds is 41. The molecule has 0 radical (unpaired) electrons. The van der Waals surface area contributed by atoms with Crippen LogP contribution in [0.1, 0.15) is 201 Å². The zero-order valence-corrected chi connectivity index (χ0v) is 38.0. The molecule has 0 aromatic rings. The quantitative estimate of drug-likeness (QED) is 0.0265. The van der Waals surface area contributed by atoms with Gasteiger partial charge in [0.05, 0.1) is 0 Å². The number of ether oxygens (including phenoxy) is 3. The molecule has 1 unspecified atom stereocenters. The van der Waals surface area contributed by atoms with Crippen molar-refractivity contribution in [2.45, 2.75) is 207 Å². The van der Waals surface area contributed by atoms with Gasteiger partial charge in [0.15, 0.2) is 6.10 Å². The van der Waals surface area contributed by atoms with E-state index in [1.54, 1.807) is 0 Å². The van der Waals surface area contributed by atoms with Crippen LogP contribution in [0.3, 0.4) is 0 Å². The van der Waals surface area contributed by atoms with E-state index in [1.165, 1.54) is 25.7 Å². The molecule has 59 heavy (non-hydrogen) atoms. The summed E-state index contributed by atoms with van der Waals surface area (Å²) in [5.41, 5.74) is 0. The van der Waals surface area contributed by atoms with Gasteiger partial charge in [-0.3, -0.25) is 14.4 Å². The molecule has 0 aromatic carbocycles. The van der Waals surface area contributed by atoms with Gasteiger partial charge in [-0.05, 0) is 109 Å². The summed E-state index contributed by atoms with van der Waals surface area (Å²) in [5, 5.41) is 0. The highest BCUT2D eigenvalue weighted by atomic mass is 16.6. The summed E-state index contributed by atoms with van der Waals surface area (Å²) in [5.74, 6) is -0.981. The van der Waals surface area contributed by atoms with Crippen molar-refractivity contribution in [2.24, 2.45) is 0 Å². The zero-order valence-electron chi connectivity index (χ0n) is 38.0. The van der Waals surface area contributed by atoms with Gasteiger partial charge in [0.25, 0.3) is 0 Å². The van der Waals surface area contributed by atoms with Gasteiger partial charge in [-0.15, -0.1) is 0 Å². The van der Waals surface area contributed by atoms with Gasteiger partial charge in [0.2, 0.25) is 0 Å². The van der Waals surface area contributed by atoms with Gasteiger partial charge >= 0.3 is 17.9 Å². The third-order valence-electron chi connectivity index (χ3n) is 9.55. The molecular weight excluding hydrogens is 733 g/mol. The summed E-state index contributed by atoms with van der Waals surface area (Å²) in [4.78, 5) is 37.8. The first kappa shape index (κ1) is 55.3. The Bertz CT molecular complexity index is 1220. The molecule has 0 saturated heterocycles. The zero-order chi connectivity index (χ0) is 43.0. The molecular formula is C53H86O6. The van der Waals surface area contributed by atoms with E-state index >= 15 is 0 Å². The average molecular weight is 819 g/mol. The van der Waals surface area contributed by atoms with Crippen LogP contribution >= 0.6 is 0 Å². The SMILES string of the molecule is CC/C=C\C/C=C\C/C=C\C/C=C\CCCCCCCCC(=O)OCC(COC(=O)CCCCCC/C=C\CCCC)OC(=O)CCCC/C=C\C/C=C\C/C=C\CC. The van der Waals surface area contributed by atoms with E-state index in [9.17, 15) is 14.4 Å². The lowest BCUT2D eigenvalue weighted by atomic mass is 10.1. The van der Waals surface area contributed by atoms with E-state index in [2.05, 4.69) is 118 Å². The molecule has 0 aliphatic rings. The molecule has 0 fully saturated rings. The molecule has 0 N–H and O–H groups in total. The van der Waals surface area contributed by atoms with Crippen molar-refractivity contribution in [1.82, 2.24) is 0 Å². The minimum absolute atomic E-state index is 0.105. The van der Waals surface area contributed by atoms with Crippen molar-refractivity contribution in [3.63, 3.8) is 0 Å². The standard InChI is InChI=1S/C53H86O6/c1-4-7-10-13-16-19-22-24-25-26-27-28-29-30-32-34-37-40-43-46-52(55)58-49-50(48-57-51(54)45-42-39-36-33-21-18-15-12-9-6-3)59-53(56)47-44-41-38-35-31-23-20-17-14-11-8-5-2/h7-8,10-11,15-20,24-25,27-28,31,35,50H,4-6,9,12-14,21-23,26,29-30,32-34,36-49H2,1-3H3/b10-7-,11-8-,18-15-,19-16-,20-17-,25-24-,28-27-,35-31-. The van der Waals surface area contributed by atoms with Crippen LogP contribution in [0, 0.1) is 0 Å². The molecule has 1 atom stereocenters. The molecule has 0 spiro atoms. The summed E-state index contributed by atoms with van der Waals surface area (Å²) in [7, 11) is 0. The van der Waals surface area contributed by atoms with Gasteiger partial charge in [0.1, 0.15) is 13.2 Å². The maximum Gasteiger partial charge on any atom is 0.306 e. The summed E-state index contributed by atoms with van der Waals surface area (Å²) in [6, 6.07) is 0. The normalized spacial score (nSPS) is 12.9. The molecule has 6 heteroatoms. The van der Waals surface area contributed by atoms with Crippen LogP contribution in [0.5, 0.6) is 0 Å². The van der Waals surface area contributed by atoms with E-state index in [-0.39, 0.29) is 37.5 Å². The Labute approximate surface area is 362 Å². The smallest absolute Gasteiger partial charge is 0.306 e. The number of allylic oxidation sites excluding steroid dienone is 16. The Morgan fingerprint density at radius 3 is 1.08 bits per heavy atom. The number of unbranched alkanes of at least 4 members (excludes halogenated alkanes) is 14. The van der Waals surface area contributed by atoms with Crippen LogP contribution in [0.2, 0.25) is 0 Å². The van der Waals surface area contributed by atoms with Crippen LogP contribution in [0.15, 0.2) is 97.2 Å². The van der Waals surface area contributed by atoms with Crippen molar-refractivity contribution in [2.75, 3.05) is 13.2 Å². The summed E-state index contributed by atoms with van der Waals surface area (Å²) in [6.45, 7) is 6.28. The van der Waals surface area contributed by atoms with Crippen LogP contribution in [0.25, 0.3) is 0 Å². The fraction of sp³-hybridized carbons (Fsp3) is 0.642. The molecule has 0 saturated carbocycles. The first-order valence-corrected chi connectivity index (χ1v) is 23.7. The number of carbonyl (C=O) groups is 3. The van der Waals surface area contributed by atoms with E-state index in [0.717, 1.165) is 128 Å². The van der Waals surface area contributed by atoms with E-state index in [0.29, 0.717) is 19.3 Å². The number of carbonyl (C=O) groups excluding carboxylic acids is 3. The molecule has 6 nitrogen and oxygen atoms in total. The van der Waals surface area contributed by atoms with E-state index in [4.69, 9.17) is 14.2 Å². The average Bonchev–Trinajstić information content (AvgIpc) is 3.23. The maximum absolute atomic E-state index is 12.7. The van der Waals surface area contributed by atoms with Crippen molar-refractivity contribution >= 4 is 17.9 Å². The van der Waals surface area contributed by atoms with E-state index < -0.39 is 6.10 Å². The van der Waals surface area contributed by atoms with Crippen LogP contribution in [-0.2, 0) is 28.6 Å². The fourth-order valence-electron chi connectivity index (χ4n) is 6.01. The first-order valence-electron chi connectivity index (χ1n) is 23.7.